The van der Waals surface area contributed by atoms with Gasteiger partial charge in [-0.15, -0.1) is 0 Å². The Labute approximate surface area is 97.5 Å². The summed E-state index contributed by atoms with van der Waals surface area (Å²) >= 11 is 0. The Hall–Kier alpha value is -2.17. The maximum absolute atomic E-state index is 13.5. The van der Waals surface area contributed by atoms with Crippen molar-refractivity contribution in [1.82, 2.24) is 4.98 Å². The van der Waals surface area contributed by atoms with Crippen molar-refractivity contribution in [2.24, 2.45) is 0 Å². The van der Waals surface area contributed by atoms with E-state index in [0.29, 0.717) is 5.69 Å². The molecule has 0 radical (unpaired) electrons. The zero-order valence-electron chi connectivity index (χ0n) is 9.45. The number of amides is 1. The standard InChI is InChI=1S/C12H11FN2O2/c1-7-3-4-9(10(13)5-7)11(16)15-12-14-8(2)6-17-12/h3-6H,1-2H3,(H,14,15,16). The van der Waals surface area contributed by atoms with E-state index in [2.05, 4.69) is 10.3 Å². The largest absolute Gasteiger partial charge is 0.432 e. The Morgan fingerprint density at radius 3 is 2.76 bits per heavy atom. The number of aromatic nitrogens is 1. The number of oxazole rings is 1. The first-order valence-corrected chi connectivity index (χ1v) is 5.06. The normalized spacial score (nSPS) is 10.3. The molecular formula is C12H11FN2O2. The second-order valence-electron chi connectivity index (χ2n) is 3.73. The second kappa shape index (κ2) is 4.37. The van der Waals surface area contributed by atoms with Crippen LogP contribution in [0.2, 0.25) is 0 Å². The van der Waals surface area contributed by atoms with Crippen LogP contribution >= 0.6 is 0 Å². The molecule has 1 heterocycles. The second-order valence-corrected chi connectivity index (χ2v) is 3.73. The smallest absolute Gasteiger partial charge is 0.301 e. The highest BCUT2D eigenvalue weighted by Crippen LogP contribution is 2.13. The van der Waals surface area contributed by atoms with E-state index in [1.165, 1.54) is 18.4 Å². The number of hydrogen-bond donors (Lipinski definition) is 1. The topological polar surface area (TPSA) is 55.1 Å². The Morgan fingerprint density at radius 2 is 2.18 bits per heavy atom. The number of carbonyl (C=O) groups excluding carboxylic acids is 1. The van der Waals surface area contributed by atoms with Crippen LogP contribution in [0.1, 0.15) is 21.6 Å². The van der Waals surface area contributed by atoms with E-state index in [-0.39, 0.29) is 11.6 Å². The van der Waals surface area contributed by atoms with Gasteiger partial charge >= 0.3 is 6.01 Å². The highest BCUT2D eigenvalue weighted by molar-refractivity contribution is 6.03. The molecule has 0 aliphatic carbocycles. The average molecular weight is 234 g/mol. The molecule has 88 valence electrons. The summed E-state index contributed by atoms with van der Waals surface area (Å²) in [6.45, 7) is 3.48. The van der Waals surface area contributed by atoms with Crippen molar-refractivity contribution in [2.45, 2.75) is 13.8 Å². The van der Waals surface area contributed by atoms with Gasteiger partial charge in [-0.1, -0.05) is 6.07 Å². The molecule has 0 saturated carbocycles. The number of hydrogen-bond acceptors (Lipinski definition) is 3. The molecule has 5 heteroatoms. The summed E-state index contributed by atoms with van der Waals surface area (Å²) in [5, 5.41) is 2.38. The van der Waals surface area contributed by atoms with Gasteiger partial charge in [0.15, 0.2) is 0 Å². The zero-order chi connectivity index (χ0) is 12.4. The summed E-state index contributed by atoms with van der Waals surface area (Å²) < 4.78 is 18.5. The fourth-order valence-corrected chi connectivity index (χ4v) is 1.38. The number of nitrogens with zero attached hydrogens (tertiary/aromatic N) is 1. The fourth-order valence-electron chi connectivity index (χ4n) is 1.38. The zero-order valence-corrected chi connectivity index (χ0v) is 9.45. The van der Waals surface area contributed by atoms with Crippen LogP contribution in [-0.2, 0) is 0 Å². The average Bonchev–Trinajstić information content (AvgIpc) is 2.63. The Kier molecular flexibility index (Phi) is 2.91. The molecule has 0 spiro atoms. The maximum Gasteiger partial charge on any atom is 0.301 e. The van der Waals surface area contributed by atoms with E-state index >= 15 is 0 Å². The van der Waals surface area contributed by atoms with E-state index in [4.69, 9.17) is 4.42 Å². The van der Waals surface area contributed by atoms with Gasteiger partial charge in [0.25, 0.3) is 5.91 Å². The van der Waals surface area contributed by atoms with Crippen LogP contribution in [0.4, 0.5) is 10.4 Å². The lowest BCUT2D eigenvalue weighted by atomic mass is 10.1. The molecule has 0 unspecified atom stereocenters. The number of benzene rings is 1. The van der Waals surface area contributed by atoms with Gasteiger partial charge in [-0.3, -0.25) is 10.1 Å². The van der Waals surface area contributed by atoms with Crippen LogP contribution in [0, 0.1) is 19.7 Å². The van der Waals surface area contributed by atoms with Gasteiger partial charge in [0.1, 0.15) is 12.1 Å². The number of rotatable bonds is 2. The lowest BCUT2D eigenvalue weighted by Crippen LogP contribution is -2.14. The first kappa shape index (κ1) is 11.3. The van der Waals surface area contributed by atoms with Crippen LogP contribution in [0.5, 0.6) is 0 Å². The van der Waals surface area contributed by atoms with Gasteiger partial charge in [-0.2, -0.15) is 4.98 Å². The summed E-state index contributed by atoms with van der Waals surface area (Å²) in [6.07, 6.45) is 1.40. The monoisotopic (exact) mass is 234 g/mol. The molecule has 17 heavy (non-hydrogen) atoms. The molecule has 2 rings (SSSR count). The molecule has 0 atom stereocenters. The van der Waals surface area contributed by atoms with Gasteiger partial charge in [0, 0.05) is 0 Å². The summed E-state index contributed by atoms with van der Waals surface area (Å²) in [7, 11) is 0. The minimum atomic E-state index is -0.579. The molecule has 1 aromatic heterocycles. The number of anilines is 1. The minimum Gasteiger partial charge on any atom is -0.432 e. The lowest BCUT2D eigenvalue weighted by molar-refractivity contribution is 0.102. The molecule has 4 nitrogen and oxygen atoms in total. The summed E-state index contributed by atoms with van der Waals surface area (Å²) in [5.74, 6) is -1.14. The minimum absolute atomic E-state index is 0.0357. The molecule has 0 bridgehead atoms. The van der Waals surface area contributed by atoms with E-state index in [9.17, 15) is 9.18 Å². The molecule has 2 aromatic rings. The molecule has 1 amide bonds. The molecule has 1 N–H and O–H groups in total. The molecular weight excluding hydrogens is 223 g/mol. The number of aryl methyl sites for hydroxylation is 2. The van der Waals surface area contributed by atoms with Crippen LogP contribution in [0.25, 0.3) is 0 Å². The Bertz CT molecular complexity index is 563. The molecule has 0 aliphatic rings. The predicted octanol–water partition coefficient (Wildman–Crippen LogP) is 2.68. The summed E-state index contributed by atoms with van der Waals surface area (Å²) in [4.78, 5) is 15.6. The van der Waals surface area contributed by atoms with Crippen molar-refractivity contribution >= 4 is 11.9 Å². The number of nitrogens with one attached hydrogen (secondary N) is 1. The molecule has 0 aliphatic heterocycles. The van der Waals surface area contributed by atoms with Crippen molar-refractivity contribution in [3.8, 4) is 0 Å². The quantitative estimate of drug-likeness (QED) is 0.869. The maximum atomic E-state index is 13.5. The van der Waals surface area contributed by atoms with Crippen LogP contribution < -0.4 is 5.32 Å². The molecule has 1 aromatic carbocycles. The van der Waals surface area contributed by atoms with Crippen LogP contribution in [0.15, 0.2) is 28.9 Å². The molecule has 0 saturated heterocycles. The van der Waals surface area contributed by atoms with Crippen molar-refractivity contribution in [2.75, 3.05) is 5.32 Å². The van der Waals surface area contributed by atoms with Gasteiger partial charge in [0.05, 0.1) is 11.3 Å². The highest BCUT2D eigenvalue weighted by atomic mass is 19.1. The van der Waals surface area contributed by atoms with Crippen LogP contribution in [-0.4, -0.2) is 10.9 Å². The fraction of sp³-hybridized carbons (Fsp3) is 0.167. The third kappa shape index (κ3) is 2.50. The molecule has 0 fully saturated rings. The third-order valence-corrected chi connectivity index (χ3v) is 2.21. The van der Waals surface area contributed by atoms with Gasteiger partial charge in [-0.25, -0.2) is 4.39 Å². The predicted molar refractivity (Wildman–Crippen MR) is 60.3 cm³/mol. The third-order valence-electron chi connectivity index (χ3n) is 2.21. The Balaban J connectivity index is 2.20. The van der Waals surface area contributed by atoms with E-state index in [0.717, 1.165) is 5.56 Å². The van der Waals surface area contributed by atoms with Crippen molar-refractivity contribution in [3.63, 3.8) is 0 Å². The summed E-state index contributed by atoms with van der Waals surface area (Å²) in [6, 6.07) is 4.46. The van der Waals surface area contributed by atoms with Crippen molar-refractivity contribution in [1.29, 1.82) is 0 Å². The first-order valence-electron chi connectivity index (χ1n) is 5.06. The van der Waals surface area contributed by atoms with Gasteiger partial charge < -0.3 is 4.42 Å². The van der Waals surface area contributed by atoms with E-state index in [1.807, 2.05) is 0 Å². The number of halogens is 1. The van der Waals surface area contributed by atoms with E-state index in [1.54, 1.807) is 19.9 Å². The summed E-state index contributed by atoms with van der Waals surface area (Å²) in [5.41, 5.74) is 1.36. The van der Waals surface area contributed by atoms with Gasteiger partial charge in [-0.05, 0) is 31.5 Å². The van der Waals surface area contributed by atoms with Crippen molar-refractivity contribution in [3.05, 3.63) is 47.1 Å². The lowest BCUT2D eigenvalue weighted by Gasteiger charge is -2.03. The highest BCUT2D eigenvalue weighted by Gasteiger charge is 2.13. The first-order chi connectivity index (χ1) is 8.06. The van der Waals surface area contributed by atoms with E-state index < -0.39 is 11.7 Å². The Morgan fingerprint density at radius 1 is 1.41 bits per heavy atom. The van der Waals surface area contributed by atoms with Crippen LogP contribution in [0.3, 0.4) is 0 Å². The van der Waals surface area contributed by atoms with Gasteiger partial charge in [0.2, 0.25) is 0 Å². The number of carbonyl (C=O) groups is 1. The SMILES string of the molecule is Cc1ccc(C(=O)Nc2nc(C)co2)c(F)c1. The van der Waals surface area contributed by atoms with Crippen molar-refractivity contribution < 1.29 is 13.6 Å².